The summed E-state index contributed by atoms with van der Waals surface area (Å²) in [6.45, 7) is 0. The summed E-state index contributed by atoms with van der Waals surface area (Å²) in [6, 6.07) is 5.60. The van der Waals surface area contributed by atoms with Gasteiger partial charge in [0.1, 0.15) is 0 Å². The van der Waals surface area contributed by atoms with Crippen LogP contribution < -0.4 is 5.11 Å². The minimum atomic E-state index is -1.49. The van der Waals surface area contributed by atoms with Gasteiger partial charge in [0.25, 0.3) is 5.69 Å². The van der Waals surface area contributed by atoms with Crippen LogP contribution in [-0.2, 0) is 9.59 Å². The first-order chi connectivity index (χ1) is 11.0. The Labute approximate surface area is 140 Å². The van der Waals surface area contributed by atoms with Crippen LogP contribution in [0.15, 0.2) is 40.2 Å². The van der Waals surface area contributed by atoms with Gasteiger partial charge in [-0.15, -0.1) is 23.5 Å². The van der Waals surface area contributed by atoms with E-state index in [2.05, 4.69) is 0 Å². The third-order valence-electron chi connectivity index (χ3n) is 2.94. The van der Waals surface area contributed by atoms with E-state index in [-0.39, 0.29) is 11.3 Å². The fraction of sp³-hybridized carbons (Fsp3) is 0.200. The van der Waals surface area contributed by atoms with E-state index in [1.807, 2.05) is 0 Å². The lowest BCUT2D eigenvalue weighted by Gasteiger charge is -2.17. The zero-order valence-corrected chi connectivity index (χ0v) is 13.5. The molecule has 120 valence electrons. The van der Waals surface area contributed by atoms with Gasteiger partial charge in [-0.1, -0.05) is 6.08 Å². The Morgan fingerprint density at radius 1 is 1.13 bits per heavy atom. The van der Waals surface area contributed by atoms with Crippen molar-refractivity contribution in [1.82, 2.24) is 0 Å². The zero-order chi connectivity index (χ0) is 16.8. The second-order valence-electron chi connectivity index (χ2n) is 4.55. The Hall–Kier alpha value is -2.06. The Kier molecular flexibility index (Phi) is 6.00. The molecule has 1 saturated heterocycles. The van der Waals surface area contributed by atoms with Crippen LogP contribution in [0.1, 0.15) is 12.0 Å². The molecule has 0 saturated carbocycles. The predicted molar refractivity (Wildman–Crippen MR) is 88.7 cm³/mol. The van der Waals surface area contributed by atoms with Gasteiger partial charge in [-0.3, -0.25) is 14.9 Å². The van der Waals surface area contributed by atoms with Crippen molar-refractivity contribution in [2.24, 2.45) is 0 Å². The minimum absolute atomic E-state index is 0.0546. The highest BCUT2D eigenvalue weighted by atomic mass is 32.2. The lowest BCUT2D eigenvalue weighted by atomic mass is 10.1. The molecule has 1 aromatic rings. The summed E-state index contributed by atoms with van der Waals surface area (Å²) in [5, 5.41) is 21.8. The number of carbonyl (C=O) groups is 2. The topological polar surface area (TPSA) is 100 Å². The van der Waals surface area contributed by atoms with Gasteiger partial charge in [-0.25, -0.2) is 0 Å². The van der Waals surface area contributed by atoms with Crippen molar-refractivity contribution < 1.29 is 19.6 Å². The van der Waals surface area contributed by atoms with Crippen molar-refractivity contribution in [2.75, 3.05) is 11.5 Å². The molecule has 1 fully saturated rings. The minimum Gasteiger partial charge on any atom is -0.545 e. The zero-order valence-electron chi connectivity index (χ0n) is 11.9. The number of hydrogen-bond acceptors (Lipinski definition) is 7. The highest BCUT2D eigenvalue weighted by Gasteiger charge is 2.18. The molecular formula is C15H12NO5S2-. The molecule has 1 aliphatic rings. The summed E-state index contributed by atoms with van der Waals surface area (Å²) in [5.74, 6) is -0.572. The van der Waals surface area contributed by atoms with Gasteiger partial charge in [-0.05, 0) is 41.7 Å². The van der Waals surface area contributed by atoms with Gasteiger partial charge in [0.2, 0.25) is 0 Å². The van der Waals surface area contributed by atoms with Crippen LogP contribution in [0.4, 0.5) is 5.69 Å². The molecule has 8 heteroatoms. The van der Waals surface area contributed by atoms with Crippen LogP contribution in [-0.4, -0.2) is 28.2 Å². The van der Waals surface area contributed by atoms with Crippen molar-refractivity contribution in [1.29, 1.82) is 0 Å². The lowest BCUT2D eigenvalue weighted by Crippen LogP contribution is -2.29. The molecule has 0 unspecified atom stereocenters. The number of ketones is 1. The summed E-state index contributed by atoms with van der Waals surface area (Å²) < 4.78 is 0.481. The van der Waals surface area contributed by atoms with Gasteiger partial charge in [-0.2, -0.15) is 0 Å². The number of thioether (sulfide) groups is 2. The van der Waals surface area contributed by atoms with Crippen LogP contribution in [0.25, 0.3) is 6.08 Å². The van der Waals surface area contributed by atoms with Crippen LogP contribution in [0.2, 0.25) is 0 Å². The average molecular weight is 350 g/mol. The number of nitro groups is 1. The number of benzene rings is 1. The number of carboxylic acids is 1. The van der Waals surface area contributed by atoms with Gasteiger partial charge >= 0.3 is 0 Å². The first kappa shape index (κ1) is 17.3. The summed E-state index contributed by atoms with van der Waals surface area (Å²) >= 11 is 2.69. The van der Waals surface area contributed by atoms with Gasteiger partial charge in [0, 0.05) is 12.1 Å². The number of carboxylic acid groups (broad SMARTS) is 1. The Balaban J connectivity index is 2.18. The largest absolute Gasteiger partial charge is 0.545 e. The molecule has 0 spiro atoms. The summed E-state index contributed by atoms with van der Waals surface area (Å²) in [4.78, 5) is 33.4. The maximum atomic E-state index is 12.1. The number of nitrogens with zero attached hydrogens (tertiary/aromatic N) is 1. The number of aliphatic carboxylic acids is 1. The number of non-ortho nitro benzene ring substituents is 1. The molecule has 23 heavy (non-hydrogen) atoms. The normalized spacial score (nSPS) is 14.7. The van der Waals surface area contributed by atoms with Crippen LogP contribution in [0.5, 0.6) is 0 Å². The van der Waals surface area contributed by atoms with Gasteiger partial charge < -0.3 is 9.90 Å². The molecule has 2 rings (SSSR count). The van der Waals surface area contributed by atoms with E-state index >= 15 is 0 Å². The molecule has 0 amide bonds. The first-order valence-electron chi connectivity index (χ1n) is 6.67. The second-order valence-corrected chi connectivity index (χ2v) is 7.02. The lowest BCUT2D eigenvalue weighted by molar-refractivity contribution is -0.384. The third-order valence-corrected chi connectivity index (χ3v) is 5.57. The van der Waals surface area contributed by atoms with E-state index in [4.69, 9.17) is 0 Å². The van der Waals surface area contributed by atoms with Crippen LogP contribution in [0, 0.1) is 10.1 Å². The van der Waals surface area contributed by atoms with Gasteiger partial charge in [0.15, 0.2) is 5.78 Å². The van der Waals surface area contributed by atoms with Crippen molar-refractivity contribution in [3.63, 3.8) is 0 Å². The van der Waals surface area contributed by atoms with Crippen molar-refractivity contribution in [2.45, 2.75) is 6.42 Å². The molecule has 0 aliphatic carbocycles. The second kappa shape index (κ2) is 7.98. The standard InChI is InChI=1S/C15H13NO5S2/c17-12(13(14(18)19)15-22-8-1-9-23-15)7-4-10-2-5-11(6-3-10)16(20)21/h2-7H,1,8-9H2,(H,18,19)/p-1/b7-4+. The van der Waals surface area contributed by atoms with E-state index < -0.39 is 16.7 Å². The summed E-state index contributed by atoms with van der Waals surface area (Å²) in [5.41, 5.74) is 0.189. The monoisotopic (exact) mass is 350 g/mol. The fourth-order valence-electron chi connectivity index (χ4n) is 1.82. The molecule has 6 nitrogen and oxygen atoms in total. The molecule has 0 bridgehead atoms. The van der Waals surface area contributed by atoms with Crippen molar-refractivity contribution >= 4 is 47.0 Å². The highest BCUT2D eigenvalue weighted by Crippen LogP contribution is 2.37. The molecule has 0 atom stereocenters. The van der Waals surface area contributed by atoms with E-state index in [0.717, 1.165) is 24.0 Å². The Morgan fingerprint density at radius 3 is 2.26 bits per heavy atom. The molecule has 1 aliphatic heterocycles. The van der Waals surface area contributed by atoms with Gasteiger partial charge in [0.05, 0.1) is 20.7 Å². The van der Waals surface area contributed by atoms with E-state index in [1.54, 1.807) is 0 Å². The van der Waals surface area contributed by atoms with Crippen molar-refractivity contribution in [3.8, 4) is 0 Å². The quantitative estimate of drug-likeness (QED) is 0.263. The molecule has 0 aromatic heterocycles. The third kappa shape index (κ3) is 4.70. The highest BCUT2D eigenvalue weighted by molar-refractivity contribution is 8.22. The SMILES string of the molecule is O=C([O-])C(C(=O)/C=C/c1ccc([N+](=O)[O-])cc1)=C1SCCCS1. The molecule has 0 radical (unpaired) electrons. The van der Waals surface area contributed by atoms with Crippen molar-refractivity contribution in [3.05, 3.63) is 55.8 Å². The van der Waals surface area contributed by atoms with Crippen LogP contribution >= 0.6 is 23.5 Å². The number of allylic oxidation sites excluding steroid dienone is 1. The number of hydrogen-bond donors (Lipinski definition) is 0. The average Bonchev–Trinajstić information content (AvgIpc) is 2.54. The van der Waals surface area contributed by atoms with E-state index in [9.17, 15) is 24.8 Å². The number of carbonyl (C=O) groups excluding carboxylic acids is 2. The Bertz CT molecular complexity index is 686. The fourth-order valence-corrected chi connectivity index (χ4v) is 4.44. The first-order valence-corrected chi connectivity index (χ1v) is 8.64. The smallest absolute Gasteiger partial charge is 0.269 e. The van der Waals surface area contributed by atoms with Crippen LogP contribution in [0.3, 0.4) is 0 Å². The summed E-state index contributed by atoms with van der Waals surface area (Å²) in [7, 11) is 0. The predicted octanol–water partition coefficient (Wildman–Crippen LogP) is 2.01. The number of nitro benzene ring substituents is 1. The van der Waals surface area contributed by atoms with E-state index in [0.29, 0.717) is 9.80 Å². The Morgan fingerprint density at radius 2 is 1.74 bits per heavy atom. The maximum Gasteiger partial charge on any atom is 0.269 e. The molecular weight excluding hydrogens is 338 g/mol. The van der Waals surface area contributed by atoms with E-state index in [1.165, 1.54) is 53.9 Å². The number of rotatable bonds is 5. The molecule has 0 N–H and O–H groups in total. The summed E-state index contributed by atoms with van der Waals surface area (Å²) in [6.07, 6.45) is 3.54. The molecule has 1 heterocycles. The maximum absolute atomic E-state index is 12.1. The molecule has 1 aromatic carbocycles.